The minimum absolute atomic E-state index is 0.148. The van der Waals surface area contributed by atoms with Crippen molar-refractivity contribution in [2.75, 3.05) is 0 Å². The van der Waals surface area contributed by atoms with Crippen LogP contribution in [0, 0.1) is 5.92 Å². The van der Waals surface area contributed by atoms with E-state index in [-0.39, 0.29) is 11.9 Å². The molecule has 1 aromatic rings. The molecule has 2 rings (SSSR count). The first-order chi connectivity index (χ1) is 9.58. The Balaban J connectivity index is 2.05. The average Bonchev–Trinajstić information content (AvgIpc) is 2.46. The van der Waals surface area contributed by atoms with E-state index < -0.39 is 0 Å². The van der Waals surface area contributed by atoms with Crippen LogP contribution in [0.4, 0.5) is 0 Å². The number of hydrogen-bond donors (Lipinski definition) is 2. The van der Waals surface area contributed by atoms with Gasteiger partial charge in [-0.2, -0.15) is 0 Å². The Labute approximate surface area is 129 Å². The molecule has 1 aromatic carbocycles. The highest BCUT2D eigenvalue weighted by molar-refractivity contribution is 7.80. The third kappa shape index (κ3) is 3.93. The van der Waals surface area contributed by atoms with Gasteiger partial charge < -0.3 is 11.1 Å². The van der Waals surface area contributed by atoms with Crippen LogP contribution in [0.3, 0.4) is 0 Å². The van der Waals surface area contributed by atoms with Crippen molar-refractivity contribution in [3.05, 3.63) is 34.9 Å². The van der Waals surface area contributed by atoms with E-state index in [2.05, 4.69) is 5.32 Å². The third-order valence-electron chi connectivity index (χ3n) is 3.82. The van der Waals surface area contributed by atoms with E-state index in [1.165, 1.54) is 19.3 Å². The summed E-state index contributed by atoms with van der Waals surface area (Å²) in [5.74, 6) is 0.211. The second kappa shape index (κ2) is 7.04. The van der Waals surface area contributed by atoms with Crippen LogP contribution in [0.25, 0.3) is 0 Å². The Morgan fingerprint density at radius 2 is 1.85 bits per heavy atom. The van der Waals surface area contributed by atoms with E-state index in [0.29, 0.717) is 21.5 Å². The van der Waals surface area contributed by atoms with Crippen LogP contribution in [-0.2, 0) is 0 Å². The van der Waals surface area contributed by atoms with Gasteiger partial charge in [0.15, 0.2) is 0 Å². The number of carbonyl (C=O) groups excluding carboxylic acids is 1. The summed E-state index contributed by atoms with van der Waals surface area (Å²) in [6, 6.07) is 6.60. The molecule has 0 bridgehead atoms. The largest absolute Gasteiger partial charge is 0.392 e. The van der Waals surface area contributed by atoms with Gasteiger partial charge in [-0.25, -0.2) is 0 Å². The molecule has 20 heavy (non-hydrogen) atoms. The molecule has 1 unspecified atom stereocenters. The number of hydrogen-bond acceptors (Lipinski definition) is 2. The molecule has 3 N–H and O–H groups in total. The quantitative estimate of drug-likeness (QED) is 0.839. The van der Waals surface area contributed by atoms with Crippen molar-refractivity contribution in [1.82, 2.24) is 5.32 Å². The number of thiocarbonyl (C=S) groups is 1. The van der Waals surface area contributed by atoms with E-state index in [1.54, 1.807) is 24.3 Å². The predicted octanol–water partition coefficient (Wildman–Crippen LogP) is 3.30. The van der Waals surface area contributed by atoms with Crippen LogP contribution in [0.15, 0.2) is 24.3 Å². The highest BCUT2D eigenvalue weighted by atomic mass is 35.5. The maximum absolute atomic E-state index is 12.2. The average molecular weight is 311 g/mol. The van der Waals surface area contributed by atoms with Gasteiger partial charge in [0.1, 0.15) is 0 Å². The van der Waals surface area contributed by atoms with Gasteiger partial charge >= 0.3 is 0 Å². The zero-order valence-electron chi connectivity index (χ0n) is 11.3. The smallest absolute Gasteiger partial charge is 0.251 e. The van der Waals surface area contributed by atoms with Crippen molar-refractivity contribution >= 4 is 34.7 Å². The molecule has 0 saturated heterocycles. The molecular weight excluding hydrogens is 292 g/mol. The third-order valence-corrected chi connectivity index (χ3v) is 4.33. The molecule has 0 aromatic heterocycles. The van der Waals surface area contributed by atoms with Crippen LogP contribution in [0.2, 0.25) is 5.02 Å². The summed E-state index contributed by atoms with van der Waals surface area (Å²) in [6.07, 6.45) is 5.76. The summed E-state index contributed by atoms with van der Waals surface area (Å²) >= 11 is 11.0. The Morgan fingerprint density at radius 3 is 2.40 bits per heavy atom. The summed E-state index contributed by atoms with van der Waals surface area (Å²) in [5, 5.41) is 3.58. The van der Waals surface area contributed by atoms with E-state index in [9.17, 15) is 4.79 Å². The Morgan fingerprint density at radius 1 is 1.25 bits per heavy atom. The summed E-state index contributed by atoms with van der Waals surface area (Å²) in [4.78, 5) is 12.6. The molecule has 3 nitrogen and oxygen atoms in total. The van der Waals surface area contributed by atoms with Crippen LogP contribution in [0.5, 0.6) is 0 Å². The molecule has 0 spiro atoms. The van der Waals surface area contributed by atoms with E-state index in [0.717, 1.165) is 12.8 Å². The lowest BCUT2D eigenvalue weighted by atomic mass is 9.83. The molecule has 1 saturated carbocycles. The molecule has 1 atom stereocenters. The van der Waals surface area contributed by atoms with Gasteiger partial charge in [0.05, 0.1) is 11.0 Å². The number of amides is 1. The zero-order valence-corrected chi connectivity index (χ0v) is 12.8. The second-order valence-electron chi connectivity index (χ2n) is 5.26. The number of nitrogens with two attached hydrogens (primary N) is 1. The number of benzene rings is 1. The van der Waals surface area contributed by atoms with Crippen molar-refractivity contribution in [1.29, 1.82) is 0 Å². The van der Waals surface area contributed by atoms with E-state index in [1.807, 2.05) is 0 Å². The molecule has 0 radical (unpaired) electrons. The molecule has 108 valence electrons. The first-order valence-corrected chi connectivity index (χ1v) is 7.72. The van der Waals surface area contributed by atoms with Gasteiger partial charge in [-0.05, 0) is 43.0 Å². The molecule has 1 aliphatic carbocycles. The summed E-state index contributed by atoms with van der Waals surface area (Å²) in [6.45, 7) is 0. The van der Waals surface area contributed by atoms with Gasteiger partial charge in [0, 0.05) is 10.6 Å². The number of halogens is 1. The fourth-order valence-corrected chi connectivity index (χ4v) is 3.09. The molecule has 1 amide bonds. The Bertz CT molecular complexity index is 483. The normalized spacial score (nSPS) is 17.4. The predicted molar refractivity (Wildman–Crippen MR) is 86.1 cm³/mol. The number of nitrogens with one attached hydrogen (secondary N) is 1. The second-order valence-corrected chi connectivity index (χ2v) is 6.17. The fraction of sp³-hybridized carbons (Fsp3) is 0.467. The number of carbonyl (C=O) groups is 1. The zero-order chi connectivity index (χ0) is 14.5. The minimum Gasteiger partial charge on any atom is -0.392 e. The maximum Gasteiger partial charge on any atom is 0.251 e. The molecule has 0 heterocycles. The SMILES string of the molecule is NC(=S)C(NC(=O)c1ccc(Cl)cc1)C1CCCCC1. The van der Waals surface area contributed by atoms with Gasteiger partial charge in [0.25, 0.3) is 5.91 Å². The lowest BCUT2D eigenvalue weighted by Crippen LogP contribution is -2.48. The van der Waals surface area contributed by atoms with Crippen LogP contribution in [-0.4, -0.2) is 16.9 Å². The molecule has 1 aliphatic rings. The molecule has 0 aliphatic heterocycles. The summed E-state index contributed by atoms with van der Waals surface area (Å²) < 4.78 is 0. The number of rotatable bonds is 4. The lowest BCUT2D eigenvalue weighted by Gasteiger charge is -2.30. The van der Waals surface area contributed by atoms with Crippen molar-refractivity contribution in [3.8, 4) is 0 Å². The van der Waals surface area contributed by atoms with Crippen molar-refractivity contribution in [2.24, 2.45) is 11.7 Å². The first kappa shape index (κ1) is 15.3. The standard InChI is InChI=1S/C15H19ClN2OS/c16-12-8-6-11(7-9-12)15(19)18-13(14(17)20)10-4-2-1-3-5-10/h6-10,13H,1-5H2,(H2,17,20)(H,18,19). The monoisotopic (exact) mass is 310 g/mol. The van der Waals surface area contributed by atoms with Crippen molar-refractivity contribution in [3.63, 3.8) is 0 Å². The van der Waals surface area contributed by atoms with Crippen LogP contribution in [0.1, 0.15) is 42.5 Å². The highest BCUT2D eigenvalue weighted by Gasteiger charge is 2.27. The Hall–Kier alpha value is -1.13. The van der Waals surface area contributed by atoms with Crippen molar-refractivity contribution in [2.45, 2.75) is 38.1 Å². The van der Waals surface area contributed by atoms with Crippen LogP contribution < -0.4 is 11.1 Å². The topological polar surface area (TPSA) is 55.1 Å². The van der Waals surface area contributed by atoms with Crippen molar-refractivity contribution < 1.29 is 4.79 Å². The fourth-order valence-electron chi connectivity index (χ4n) is 2.71. The minimum atomic E-state index is -0.214. The molecular formula is C15H19ClN2OS. The first-order valence-electron chi connectivity index (χ1n) is 6.93. The van der Waals surface area contributed by atoms with Gasteiger partial charge in [-0.3, -0.25) is 4.79 Å². The maximum atomic E-state index is 12.2. The lowest BCUT2D eigenvalue weighted by molar-refractivity contribution is 0.0932. The van der Waals surface area contributed by atoms with Gasteiger partial charge in [-0.1, -0.05) is 43.1 Å². The Kier molecular flexibility index (Phi) is 5.38. The summed E-state index contributed by atoms with van der Waals surface area (Å²) in [7, 11) is 0. The van der Waals surface area contributed by atoms with E-state index >= 15 is 0 Å². The highest BCUT2D eigenvalue weighted by Crippen LogP contribution is 2.27. The molecule has 1 fully saturated rings. The van der Waals surface area contributed by atoms with E-state index in [4.69, 9.17) is 29.6 Å². The molecule has 5 heteroatoms. The van der Waals surface area contributed by atoms with Gasteiger partial charge in [0.2, 0.25) is 0 Å². The van der Waals surface area contributed by atoms with Gasteiger partial charge in [-0.15, -0.1) is 0 Å². The summed E-state index contributed by atoms with van der Waals surface area (Å²) in [5.41, 5.74) is 6.39. The van der Waals surface area contributed by atoms with Crippen LogP contribution >= 0.6 is 23.8 Å².